The number of benzene rings is 2. The molecule has 3 aromatic rings. The molecule has 2 amide bonds. The minimum Gasteiger partial charge on any atom is -0.464 e. The molecule has 0 spiro atoms. The van der Waals surface area contributed by atoms with Gasteiger partial charge < -0.3 is 28.4 Å². The lowest BCUT2D eigenvalue weighted by Crippen LogP contribution is -2.47. The molecule has 2 aliphatic heterocycles. The number of ether oxygens (including phenoxy) is 3. The minimum atomic E-state index is -5.15. The highest BCUT2D eigenvalue weighted by Gasteiger charge is 2.38. The SMILES string of the molecule is Cc1ccc(CN(Cc2ccc3c(c2)OCO3)C(=O)CN(CCN2CCOCC2)C(=O)c2cc(C(F)(F)F)cc(C(F)(F)F)c2)o1. The normalized spacial score (nSPS) is 15.2. The van der Waals surface area contributed by atoms with E-state index in [0.29, 0.717) is 67.0 Å². The van der Waals surface area contributed by atoms with Gasteiger partial charge in [-0.15, -0.1) is 0 Å². The van der Waals surface area contributed by atoms with Crippen LogP contribution in [0, 0.1) is 6.92 Å². The van der Waals surface area contributed by atoms with E-state index >= 15 is 0 Å². The molecular formula is C31H31F6N3O6. The topological polar surface area (TPSA) is 84.7 Å². The zero-order chi connectivity index (χ0) is 33.1. The van der Waals surface area contributed by atoms with Crippen molar-refractivity contribution in [2.75, 3.05) is 52.7 Å². The van der Waals surface area contributed by atoms with Gasteiger partial charge in [-0.25, -0.2) is 0 Å². The maximum absolute atomic E-state index is 13.9. The molecule has 0 bridgehead atoms. The summed E-state index contributed by atoms with van der Waals surface area (Å²) in [4.78, 5) is 31.9. The van der Waals surface area contributed by atoms with Crippen LogP contribution in [0.15, 0.2) is 52.9 Å². The van der Waals surface area contributed by atoms with Crippen LogP contribution < -0.4 is 9.47 Å². The van der Waals surface area contributed by atoms with Gasteiger partial charge in [-0.2, -0.15) is 26.3 Å². The second-order valence-electron chi connectivity index (χ2n) is 10.9. The zero-order valence-electron chi connectivity index (χ0n) is 24.7. The number of carbonyl (C=O) groups excluding carboxylic acids is 2. The Kier molecular flexibility index (Phi) is 9.82. The standard InChI is InChI=1S/C31H31F6N3O6/c1-20-2-4-25(46-20)17-40(16-21-3-5-26-27(12-21)45-19-44-26)28(41)18-39(7-6-38-8-10-43-11-9-38)29(42)22-13-23(30(32,33)34)15-24(14-22)31(35,36)37/h2-5,12-15H,6-11,16-19H2,1H3. The first-order valence-electron chi connectivity index (χ1n) is 14.4. The van der Waals surface area contributed by atoms with Crippen molar-refractivity contribution in [3.63, 3.8) is 0 Å². The number of hydrogen-bond donors (Lipinski definition) is 0. The first-order valence-corrected chi connectivity index (χ1v) is 14.4. The Labute approximate surface area is 260 Å². The molecule has 1 aromatic heterocycles. The lowest BCUT2D eigenvalue weighted by atomic mass is 10.0. The van der Waals surface area contributed by atoms with Gasteiger partial charge in [0.05, 0.1) is 30.9 Å². The lowest BCUT2D eigenvalue weighted by Gasteiger charge is -2.31. The smallest absolute Gasteiger partial charge is 0.416 e. The summed E-state index contributed by atoms with van der Waals surface area (Å²) >= 11 is 0. The van der Waals surface area contributed by atoms with Gasteiger partial charge in [0, 0.05) is 38.3 Å². The number of hydrogen-bond acceptors (Lipinski definition) is 7. The highest BCUT2D eigenvalue weighted by Crippen LogP contribution is 2.37. The third-order valence-electron chi connectivity index (χ3n) is 7.54. The van der Waals surface area contributed by atoms with Crippen molar-refractivity contribution in [3.8, 4) is 11.5 Å². The summed E-state index contributed by atoms with van der Waals surface area (Å²) in [5.74, 6) is 0.289. The number of halogens is 6. The molecule has 248 valence electrons. The summed E-state index contributed by atoms with van der Waals surface area (Å²) in [6.45, 7) is 3.08. The lowest BCUT2D eigenvalue weighted by molar-refractivity contribution is -0.143. The highest BCUT2D eigenvalue weighted by atomic mass is 19.4. The maximum atomic E-state index is 13.9. The molecule has 1 saturated heterocycles. The number of nitrogens with zero attached hydrogens (tertiary/aromatic N) is 3. The van der Waals surface area contributed by atoms with Gasteiger partial charge in [0.1, 0.15) is 18.1 Å². The second kappa shape index (κ2) is 13.6. The summed E-state index contributed by atoms with van der Waals surface area (Å²) in [6, 6.07) is 9.20. The van der Waals surface area contributed by atoms with E-state index in [-0.39, 0.29) is 39.0 Å². The van der Waals surface area contributed by atoms with Gasteiger partial charge in [0.25, 0.3) is 5.91 Å². The third kappa shape index (κ3) is 8.31. The van der Waals surface area contributed by atoms with E-state index in [2.05, 4.69) is 0 Å². The van der Waals surface area contributed by atoms with Crippen LogP contribution in [0.5, 0.6) is 11.5 Å². The molecule has 0 radical (unpaired) electrons. The minimum absolute atomic E-state index is 0.0195. The summed E-state index contributed by atoms with van der Waals surface area (Å²) in [5.41, 5.74) is -3.42. The van der Waals surface area contributed by atoms with Crippen LogP contribution in [-0.4, -0.2) is 79.2 Å². The first-order chi connectivity index (χ1) is 21.8. The number of amides is 2. The Hall–Kier alpha value is -4.24. The Morgan fingerprint density at radius 1 is 0.826 bits per heavy atom. The molecule has 0 N–H and O–H groups in total. The molecule has 0 atom stereocenters. The molecule has 3 heterocycles. The third-order valence-corrected chi connectivity index (χ3v) is 7.54. The number of aryl methyl sites for hydroxylation is 1. The molecular weight excluding hydrogens is 624 g/mol. The van der Waals surface area contributed by atoms with Crippen molar-refractivity contribution in [3.05, 3.63) is 82.3 Å². The van der Waals surface area contributed by atoms with Crippen LogP contribution in [0.1, 0.15) is 38.6 Å². The van der Waals surface area contributed by atoms with E-state index in [1.807, 2.05) is 4.90 Å². The quantitative estimate of drug-likeness (QED) is 0.272. The number of morpholine rings is 1. The van der Waals surface area contributed by atoms with Crippen LogP contribution in [0.4, 0.5) is 26.3 Å². The highest BCUT2D eigenvalue weighted by molar-refractivity contribution is 5.97. The predicted octanol–water partition coefficient (Wildman–Crippen LogP) is 5.36. The average Bonchev–Trinajstić information content (AvgIpc) is 3.66. The van der Waals surface area contributed by atoms with E-state index in [0.717, 1.165) is 4.90 Å². The number of alkyl halides is 6. The van der Waals surface area contributed by atoms with E-state index in [1.54, 1.807) is 37.3 Å². The number of carbonyl (C=O) groups is 2. The molecule has 2 aliphatic rings. The fraction of sp³-hybridized carbons (Fsp3) is 0.419. The summed E-state index contributed by atoms with van der Waals surface area (Å²) in [5, 5.41) is 0. The van der Waals surface area contributed by atoms with Crippen molar-refractivity contribution >= 4 is 11.8 Å². The van der Waals surface area contributed by atoms with Crippen molar-refractivity contribution in [1.82, 2.24) is 14.7 Å². The molecule has 0 aliphatic carbocycles. The average molecular weight is 656 g/mol. The number of rotatable bonds is 10. The Bertz CT molecular complexity index is 1520. The molecule has 1 fully saturated rings. The van der Waals surface area contributed by atoms with Crippen molar-refractivity contribution < 1.29 is 54.6 Å². The molecule has 2 aromatic carbocycles. The van der Waals surface area contributed by atoms with Gasteiger partial charge in [-0.05, 0) is 55.0 Å². The number of fused-ring (bicyclic) bond motifs is 1. The van der Waals surface area contributed by atoms with Crippen LogP contribution >= 0.6 is 0 Å². The molecule has 46 heavy (non-hydrogen) atoms. The predicted molar refractivity (Wildman–Crippen MR) is 150 cm³/mol. The zero-order valence-corrected chi connectivity index (χ0v) is 24.7. The molecule has 15 heteroatoms. The molecule has 5 rings (SSSR count). The molecule has 0 unspecified atom stereocenters. The van der Waals surface area contributed by atoms with Crippen LogP contribution in [0.3, 0.4) is 0 Å². The fourth-order valence-electron chi connectivity index (χ4n) is 5.11. The molecule has 0 saturated carbocycles. The van der Waals surface area contributed by atoms with Crippen LogP contribution in [0.2, 0.25) is 0 Å². The monoisotopic (exact) mass is 655 g/mol. The molecule has 9 nitrogen and oxygen atoms in total. The summed E-state index contributed by atoms with van der Waals surface area (Å²) in [7, 11) is 0. The van der Waals surface area contributed by atoms with Crippen molar-refractivity contribution in [2.24, 2.45) is 0 Å². The van der Waals surface area contributed by atoms with Gasteiger partial charge >= 0.3 is 12.4 Å². The van der Waals surface area contributed by atoms with E-state index in [9.17, 15) is 35.9 Å². The van der Waals surface area contributed by atoms with Gasteiger partial charge in [-0.1, -0.05) is 6.07 Å². The first kappa shape index (κ1) is 33.1. The van der Waals surface area contributed by atoms with E-state index in [4.69, 9.17) is 18.6 Å². The van der Waals surface area contributed by atoms with Gasteiger partial charge in [0.2, 0.25) is 12.7 Å². The maximum Gasteiger partial charge on any atom is 0.416 e. The van der Waals surface area contributed by atoms with Crippen LogP contribution in [-0.2, 0) is 35.0 Å². The van der Waals surface area contributed by atoms with Crippen molar-refractivity contribution in [2.45, 2.75) is 32.4 Å². The largest absolute Gasteiger partial charge is 0.464 e. The number of furan rings is 1. The van der Waals surface area contributed by atoms with Crippen molar-refractivity contribution in [1.29, 1.82) is 0 Å². The Morgan fingerprint density at radius 2 is 1.50 bits per heavy atom. The summed E-state index contributed by atoms with van der Waals surface area (Å²) in [6.07, 6.45) is -10.3. The Morgan fingerprint density at radius 3 is 2.13 bits per heavy atom. The summed E-state index contributed by atoms with van der Waals surface area (Å²) < 4.78 is 103. The van der Waals surface area contributed by atoms with Crippen LogP contribution in [0.25, 0.3) is 0 Å². The second-order valence-corrected chi connectivity index (χ2v) is 10.9. The van der Waals surface area contributed by atoms with Gasteiger partial charge in [0.15, 0.2) is 11.5 Å². The fourth-order valence-corrected chi connectivity index (χ4v) is 5.11. The van der Waals surface area contributed by atoms with E-state index < -0.39 is 47.4 Å². The van der Waals surface area contributed by atoms with Gasteiger partial charge in [-0.3, -0.25) is 14.5 Å². The van der Waals surface area contributed by atoms with E-state index in [1.165, 1.54) is 4.90 Å². The Balaban J connectivity index is 1.44.